The summed E-state index contributed by atoms with van der Waals surface area (Å²) in [5, 5.41) is 0. The van der Waals surface area contributed by atoms with Gasteiger partial charge in [-0.1, -0.05) is 28.1 Å². The minimum Gasteiger partial charge on any atom is -0.336 e. The highest BCUT2D eigenvalue weighted by atomic mass is 79.9. The maximum atomic E-state index is 5.93. The van der Waals surface area contributed by atoms with Crippen molar-refractivity contribution in [1.29, 1.82) is 0 Å². The minimum atomic E-state index is 0.173. The molecule has 0 amide bonds. The van der Waals surface area contributed by atoms with Gasteiger partial charge in [0.1, 0.15) is 0 Å². The second-order valence-corrected chi connectivity index (χ2v) is 5.64. The molecule has 0 saturated carbocycles. The van der Waals surface area contributed by atoms with E-state index in [4.69, 9.17) is 5.73 Å². The van der Waals surface area contributed by atoms with Crippen LogP contribution in [0.25, 0.3) is 0 Å². The van der Waals surface area contributed by atoms with Crippen LogP contribution in [0.4, 0.5) is 0 Å². The number of aromatic nitrogens is 2. The van der Waals surface area contributed by atoms with Gasteiger partial charge < -0.3 is 10.3 Å². The molecular weight excluding hydrogens is 304 g/mol. The van der Waals surface area contributed by atoms with Crippen LogP contribution >= 0.6 is 15.9 Å². The molecule has 0 aliphatic heterocycles. The number of hydrogen-bond acceptors (Lipinski definition) is 3. The SMILES string of the molecule is CN(Cc1cccc(Br)c1)C(CN)c1cncn1C. The molecule has 102 valence electrons. The second kappa shape index (κ2) is 6.32. The maximum absolute atomic E-state index is 5.93. The average molecular weight is 323 g/mol. The molecule has 2 aromatic rings. The molecule has 1 heterocycles. The van der Waals surface area contributed by atoms with Crippen LogP contribution < -0.4 is 5.73 Å². The van der Waals surface area contributed by atoms with E-state index in [2.05, 4.69) is 51.1 Å². The molecule has 0 fully saturated rings. The Balaban J connectivity index is 2.14. The van der Waals surface area contributed by atoms with Crippen molar-refractivity contribution < 1.29 is 0 Å². The first kappa shape index (κ1) is 14.2. The number of imidazole rings is 1. The maximum Gasteiger partial charge on any atom is 0.0946 e. The van der Waals surface area contributed by atoms with Crippen LogP contribution in [0.1, 0.15) is 17.3 Å². The fourth-order valence-electron chi connectivity index (χ4n) is 2.25. The number of aryl methyl sites for hydroxylation is 1. The van der Waals surface area contributed by atoms with Crippen LogP contribution in [0, 0.1) is 0 Å². The van der Waals surface area contributed by atoms with Crippen LogP contribution in [0.15, 0.2) is 41.3 Å². The van der Waals surface area contributed by atoms with Crippen molar-refractivity contribution in [3.05, 3.63) is 52.5 Å². The summed E-state index contributed by atoms with van der Waals surface area (Å²) in [6.07, 6.45) is 3.69. The Labute approximate surface area is 122 Å². The fraction of sp³-hybridized carbons (Fsp3) is 0.357. The summed E-state index contributed by atoms with van der Waals surface area (Å²) in [5.74, 6) is 0. The molecule has 1 aromatic carbocycles. The molecule has 19 heavy (non-hydrogen) atoms. The topological polar surface area (TPSA) is 47.1 Å². The normalized spacial score (nSPS) is 12.9. The molecule has 1 unspecified atom stereocenters. The molecule has 1 atom stereocenters. The van der Waals surface area contributed by atoms with Gasteiger partial charge in [-0.3, -0.25) is 4.90 Å². The number of hydrogen-bond donors (Lipinski definition) is 1. The molecule has 5 heteroatoms. The lowest BCUT2D eigenvalue weighted by Gasteiger charge is -2.27. The van der Waals surface area contributed by atoms with Gasteiger partial charge in [0, 0.05) is 30.8 Å². The van der Waals surface area contributed by atoms with E-state index >= 15 is 0 Å². The molecule has 0 aliphatic rings. The van der Waals surface area contributed by atoms with E-state index < -0.39 is 0 Å². The van der Waals surface area contributed by atoms with Crippen molar-refractivity contribution in [3.63, 3.8) is 0 Å². The zero-order chi connectivity index (χ0) is 13.8. The third kappa shape index (κ3) is 3.43. The van der Waals surface area contributed by atoms with Crippen molar-refractivity contribution >= 4 is 15.9 Å². The standard InChI is InChI=1S/C14H19BrN4/c1-18(9-11-4-3-5-12(15)6-11)13(7-16)14-8-17-10-19(14)2/h3-6,8,10,13H,7,9,16H2,1-2H3. The molecule has 4 nitrogen and oxygen atoms in total. The Hall–Kier alpha value is -1.17. The Morgan fingerprint density at radius 2 is 2.26 bits per heavy atom. The van der Waals surface area contributed by atoms with E-state index in [0.29, 0.717) is 6.54 Å². The first-order chi connectivity index (χ1) is 9.11. The first-order valence-corrected chi connectivity index (χ1v) is 7.02. The Bertz CT molecular complexity index is 538. The van der Waals surface area contributed by atoms with Gasteiger partial charge in [0.25, 0.3) is 0 Å². The zero-order valence-corrected chi connectivity index (χ0v) is 12.8. The molecule has 2 rings (SSSR count). The lowest BCUT2D eigenvalue weighted by atomic mass is 10.1. The van der Waals surface area contributed by atoms with Crippen molar-refractivity contribution in [2.24, 2.45) is 12.8 Å². The van der Waals surface area contributed by atoms with Gasteiger partial charge in [-0.2, -0.15) is 0 Å². The minimum absolute atomic E-state index is 0.173. The Morgan fingerprint density at radius 1 is 1.47 bits per heavy atom. The van der Waals surface area contributed by atoms with E-state index in [0.717, 1.165) is 16.7 Å². The quantitative estimate of drug-likeness (QED) is 0.918. The smallest absolute Gasteiger partial charge is 0.0946 e. The van der Waals surface area contributed by atoms with Crippen LogP contribution in [0.5, 0.6) is 0 Å². The summed E-state index contributed by atoms with van der Waals surface area (Å²) < 4.78 is 3.12. The van der Waals surface area contributed by atoms with Gasteiger partial charge >= 0.3 is 0 Å². The summed E-state index contributed by atoms with van der Waals surface area (Å²) in [7, 11) is 4.09. The molecule has 1 aromatic heterocycles. The highest BCUT2D eigenvalue weighted by Crippen LogP contribution is 2.20. The average Bonchev–Trinajstić information content (AvgIpc) is 2.77. The van der Waals surface area contributed by atoms with Gasteiger partial charge in [-0.15, -0.1) is 0 Å². The Kier molecular flexibility index (Phi) is 4.74. The summed E-state index contributed by atoms with van der Waals surface area (Å²) in [4.78, 5) is 6.42. The largest absolute Gasteiger partial charge is 0.336 e. The van der Waals surface area contributed by atoms with Gasteiger partial charge in [0.05, 0.1) is 18.1 Å². The monoisotopic (exact) mass is 322 g/mol. The Morgan fingerprint density at radius 3 is 2.84 bits per heavy atom. The number of nitrogens with two attached hydrogens (primary N) is 1. The zero-order valence-electron chi connectivity index (χ0n) is 11.3. The van der Waals surface area contributed by atoms with Crippen molar-refractivity contribution in [3.8, 4) is 0 Å². The van der Waals surface area contributed by atoms with E-state index in [1.54, 1.807) is 0 Å². The molecular formula is C14H19BrN4. The number of benzene rings is 1. The van der Waals surface area contributed by atoms with Gasteiger partial charge in [-0.25, -0.2) is 4.98 Å². The van der Waals surface area contributed by atoms with Crippen LogP contribution in [-0.4, -0.2) is 28.0 Å². The lowest BCUT2D eigenvalue weighted by molar-refractivity contribution is 0.234. The van der Waals surface area contributed by atoms with E-state index in [1.165, 1.54) is 5.56 Å². The lowest BCUT2D eigenvalue weighted by Crippen LogP contribution is -2.31. The second-order valence-electron chi connectivity index (χ2n) is 4.73. The number of rotatable bonds is 5. The number of halogens is 1. The van der Waals surface area contributed by atoms with Crippen molar-refractivity contribution in [1.82, 2.24) is 14.5 Å². The van der Waals surface area contributed by atoms with Crippen molar-refractivity contribution in [2.45, 2.75) is 12.6 Å². The predicted octanol–water partition coefficient (Wildman–Crippen LogP) is 2.31. The van der Waals surface area contributed by atoms with Gasteiger partial charge in [0.15, 0.2) is 0 Å². The highest BCUT2D eigenvalue weighted by Gasteiger charge is 2.18. The summed E-state index contributed by atoms with van der Waals surface area (Å²) in [5.41, 5.74) is 8.33. The van der Waals surface area contributed by atoms with Crippen LogP contribution in [0.2, 0.25) is 0 Å². The van der Waals surface area contributed by atoms with E-state index in [9.17, 15) is 0 Å². The molecule has 0 spiro atoms. The number of nitrogens with zero attached hydrogens (tertiary/aromatic N) is 3. The van der Waals surface area contributed by atoms with Crippen molar-refractivity contribution in [2.75, 3.05) is 13.6 Å². The third-order valence-corrected chi connectivity index (χ3v) is 3.76. The van der Waals surface area contributed by atoms with Crippen LogP contribution in [0.3, 0.4) is 0 Å². The van der Waals surface area contributed by atoms with Gasteiger partial charge in [0.2, 0.25) is 0 Å². The molecule has 0 bridgehead atoms. The predicted molar refractivity (Wildman–Crippen MR) is 80.6 cm³/mol. The molecule has 0 aliphatic carbocycles. The third-order valence-electron chi connectivity index (χ3n) is 3.27. The summed E-state index contributed by atoms with van der Waals surface area (Å²) in [6.45, 7) is 1.43. The summed E-state index contributed by atoms with van der Waals surface area (Å²) in [6, 6.07) is 8.51. The molecule has 0 radical (unpaired) electrons. The van der Waals surface area contributed by atoms with Gasteiger partial charge in [-0.05, 0) is 24.7 Å². The van der Waals surface area contributed by atoms with E-state index in [-0.39, 0.29) is 6.04 Å². The number of likely N-dealkylation sites (N-methyl/N-ethyl adjacent to an activating group) is 1. The molecule has 0 saturated heterocycles. The fourth-order valence-corrected chi connectivity index (χ4v) is 2.70. The van der Waals surface area contributed by atoms with E-state index in [1.807, 2.05) is 30.2 Å². The highest BCUT2D eigenvalue weighted by molar-refractivity contribution is 9.10. The van der Waals surface area contributed by atoms with Crippen LogP contribution in [-0.2, 0) is 13.6 Å². The summed E-state index contributed by atoms with van der Waals surface area (Å²) >= 11 is 3.50. The first-order valence-electron chi connectivity index (χ1n) is 6.22. The molecule has 2 N–H and O–H groups in total.